The predicted octanol–water partition coefficient (Wildman–Crippen LogP) is 2.14. The number of carboxylic acid groups (broad SMARTS) is 1. The number of nitrogens with one attached hydrogen (secondary N) is 2. The van der Waals surface area contributed by atoms with E-state index in [-0.39, 0.29) is 11.8 Å². The van der Waals surface area contributed by atoms with Crippen molar-refractivity contribution in [3.63, 3.8) is 0 Å². The fourth-order valence-electron chi connectivity index (χ4n) is 3.31. The molecule has 1 amide bonds. The normalized spacial score (nSPS) is 17.5. The number of carbonyl (C=O) groups excluding carboxylic acids is 1. The summed E-state index contributed by atoms with van der Waals surface area (Å²) in [5, 5.41) is 13.6. The fourth-order valence-corrected chi connectivity index (χ4v) is 3.31. The van der Waals surface area contributed by atoms with Crippen molar-refractivity contribution >= 4 is 28.5 Å². The van der Waals surface area contributed by atoms with Gasteiger partial charge in [-0.05, 0) is 19.2 Å². The van der Waals surface area contributed by atoms with Crippen LogP contribution >= 0.6 is 0 Å². The van der Waals surface area contributed by atoms with Crippen molar-refractivity contribution in [2.75, 3.05) is 38.5 Å². The Kier molecular flexibility index (Phi) is 5.29. The second-order valence-electron chi connectivity index (χ2n) is 7.23. The van der Waals surface area contributed by atoms with Crippen LogP contribution in [0, 0.1) is 5.92 Å². The Morgan fingerprint density at radius 3 is 2.50 bits per heavy atom. The quantitative estimate of drug-likeness (QED) is 0.762. The van der Waals surface area contributed by atoms with Crippen molar-refractivity contribution < 1.29 is 14.7 Å². The van der Waals surface area contributed by atoms with Crippen molar-refractivity contribution in [1.29, 1.82) is 0 Å². The third-order valence-corrected chi connectivity index (χ3v) is 4.94. The molecule has 1 fully saturated rings. The van der Waals surface area contributed by atoms with Crippen LogP contribution in [0.15, 0.2) is 24.4 Å². The summed E-state index contributed by atoms with van der Waals surface area (Å²) in [5.74, 6) is -0.983. The van der Waals surface area contributed by atoms with Gasteiger partial charge in [-0.15, -0.1) is 0 Å². The topological polar surface area (TPSA) is 88.7 Å². The highest BCUT2D eigenvalue weighted by Crippen LogP contribution is 2.31. The lowest BCUT2D eigenvalue weighted by atomic mass is 10.0. The molecule has 7 heteroatoms. The highest BCUT2D eigenvalue weighted by atomic mass is 16.4. The van der Waals surface area contributed by atoms with Gasteiger partial charge in [0, 0.05) is 60.4 Å². The van der Waals surface area contributed by atoms with Gasteiger partial charge in [0.15, 0.2) is 0 Å². The lowest BCUT2D eigenvalue weighted by Gasteiger charge is -2.36. The monoisotopic (exact) mass is 358 g/mol. The number of aliphatic carboxylic acids is 1. The van der Waals surface area contributed by atoms with E-state index in [1.54, 1.807) is 6.20 Å². The molecule has 3 rings (SSSR count). The van der Waals surface area contributed by atoms with Crippen LogP contribution in [0.4, 0.5) is 5.69 Å². The van der Waals surface area contributed by atoms with Crippen LogP contribution < -0.4 is 5.32 Å². The number of amides is 1. The minimum absolute atomic E-state index is 0.0445. The van der Waals surface area contributed by atoms with Crippen LogP contribution in [-0.2, 0) is 9.59 Å². The zero-order valence-electron chi connectivity index (χ0n) is 15.5. The molecule has 1 aromatic carbocycles. The van der Waals surface area contributed by atoms with E-state index < -0.39 is 12.0 Å². The first-order chi connectivity index (χ1) is 12.4. The van der Waals surface area contributed by atoms with Gasteiger partial charge >= 0.3 is 5.97 Å². The predicted molar refractivity (Wildman–Crippen MR) is 101 cm³/mol. The summed E-state index contributed by atoms with van der Waals surface area (Å²) in [6.45, 7) is 6.85. The molecule has 1 atom stereocenters. The van der Waals surface area contributed by atoms with Gasteiger partial charge in [0.05, 0.1) is 0 Å². The Hall–Kier alpha value is -2.38. The molecule has 0 radical (unpaired) electrons. The molecule has 0 spiro atoms. The molecule has 2 heterocycles. The maximum absolute atomic E-state index is 12.0. The number of rotatable bonds is 5. The van der Waals surface area contributed by atoms with Gasteiger partial charge in [-0.25, -0.2) is 0 Å². The van der Waals surface area contributed by atoms with Gasteiger partial charge in [0.25, 0.3) is 0 Å². The molecule has 1 saturated heterocycles. The molecule has 140 valence electrons. The van der Waals surface area contributed by atoms with Crippen molar-refractivity contribution in [3.8, 4) is 0 Å². The van der Waals surface area contributed by atoms with E-state index in [9.17, 15) is 14.7 Å². The summed E-state index contributed by atoms with van der Waals surface area (Å²) in [6.07, 6.45) is 1.77. The smallest absolute Gasteiger partial charge is 0.325 e. The van der Waals surface area contributed by atoms with Crippen LogP contribution in [0.3, 0.4) is 0 Å². The number of carboxylic acids is 1. The van der Waals surface area contributed by atoms with Crippen molar-refractivity contribution in [3.05, 3.63) is 30.0 Å². The standard InChI is InChI=1S/C19H26N4O3/c1-12(2)18(24)21-13-4-5-14-15(11-20-16(14)10-13)17(19(25)26)23-8-6-22(3)7-9-23/h4-5,10-12,17,20H,6-9H2,1-3H3,(H,21,24)(H,25,26)/t17-/m0/s1. The number of aromatic amines is 1. The summed E-state index contributed by atoms with van der Waals surface area (Å²) in [5.41, 5.74) is 2.29. The lowest BCUT2D eigenvalue weighted by molar-refractivity contribution is -0.144. The van der Waals surface area contributed by atoms with E-state index in [0.717, 1.165) is 42.6 Å². The first-order valence-electron chi connectivity index (χ1n) is 8.94. The highest BCUT2D eigenvalue weighted by Gasteiger charge is 2.31. The van der Waals surface area contributed by atoms with E-state index in [4.69, 9.17) is 0 Å². The number of hydrogen-bond acceptors (Lipinski definition) is 4. The molecule has 0 bridgehead atoms. The highest BCUT2D eigenvalue weighted by molar-refractivity contribution is 5.96. The van der Waals surface area contributed by atoms with E-state index in [0.29, 0.717) is 5.69 Å². The molecular weight excluding hydrogens is 332 g/mol. The average Bonchev–Trinajstić information content (AvgIpc) is 2.99. The maximum atomic E-state index is 12.0. The molecule has 0 saturated carbocycles. The van der Waals surface area contributed by atoms with Gasteiger partial charge in [-0.2, -0.15) is 0 Å². The van der Waals surface area contributed by atoms with Crippen LogP contribution in [0.2, 0.25) is 0 Å². The number of piperazine rings is 1. The molecule has 0 aliphatic carbocycles. The molecule has 3 N–H and O–H groups in total. The van der Waals surface area contributed by atoms with Gasteiger partial charge < -0.3 is 20.3 Å². The van der Waals surface area contributed by atoms with E-state index in [1.807, 2.05) is 44.0 Å². The molecule has 1 aliphatic rings. The van der Waals surface area contributed by atoms with Crippen molar-refractivity contribution in [2.45, 2.75) is 19.9 Å². The molecule has 26 heavy (non-hydrogen) atoms. The molecule has 1 aromatic heterocycles. The lowest BCUT2D eigenvalue weighted by Crippen LogP contribution is -2.47. The van der Waals surface area contributed by atoms with Crippen LogP contribution in [-0.4, -0.2) is 65.0 Å². The van der Waals surface area contributed by atoms with E-state index in [2.05, 4.69) is 15.2 Å². The minimum Gasteiger partial charge on any atom is -0.480 e. The van der Waals surface area contributed by atoms with Gasteiger partial charge in [0.1, 0.15) is 6.04 Å². The number of likely N-dealkylation sites (N-methyl/N-ethyl adjacent to an activating group) is 1. The second kappa shape index (κ2) is 7.47. The number of fused-ring (bicyclic) bond motifs is 1. The summed E-state index contributed by atoms with van der Waals surface area (Å²) >= 11 is 0. The maximum Gasteiger partial charge on any atom is 0.325 e. The van der Waals surface area contributed by atoms with Crippen LogP contribution in [0.1, 0.15) is 25.5 Å². The summed E-state index contributed by atoms with van der Waals surface area (Å²) in [7, 11) is 2.05. The number of H-pyrrole nitrogens is 1. The van der Waals surface area contributed by atoms with Gasteiger partial charge in [-0.1, -0.05) is 19.9 Å². The molecule has 2 aromatic rings. The first kappa shape index (κ1) is 18.4. The number of benzene rings is 1. The molecule has 7 nitrogen and oxygen atoms in total. The summed E-state index contributed by atoms with van der Waals surface area (Å²) in [6, 6.07) is 4.88. The Labute approximate surface area is 153 Å². The molecule has 1 aliphatic heterocycles. The fraction of sp³-hybridized carbons (Fsp3) is 0.474. The van der Waals surface area contributed by atoms with Gasteiger partial charge in [-0.3, -0.25) is 14.5 Å². The number of nitrogens with zero attached hydrogens (tertiary/aromatic N) is 2. The Morgan fingerprint density at radius 1 is 1.19 bits per heavy atom. The summed E-state index contributed by atoms with van der Waals surface area (Å²) < 4.78 is 0. The van der Waals surface area contributed by atoms with E-state index >= 15 is 0 Å². The van der Waals surface area contributed by atoms with Gasteiger partial charge in [0.2, 0.25) is 5.91 Å². The largest absolute Gasteiger partial charge is 0.480 e. The SMILES string of the molecule is CC(C)C(=O)Nc1ccc2c([C@@H](C(=O)O)N3CCN(C)CC3)c[nH]c2c1. The number of hydrogen-bond donors (Lipinski definition) is 3. The zero-order valence-corrected chi connectivity index (χ0v) is 15.5. The number of anilines is 1. The average molecular weight is 358 g/mol. The molecule has 0 unspecified atom stereocenters. The zero-order chi connectivity index (χ0) is 18.8. The third kappa shape index (κ3) is 3.73. The summed E-state index contributed by atoms with van der Waals surface area (Å²) in [4.78, 5) is 31.2. The van der Waals surface area contributed by atoms with E-state index in [1.165, 1.54) is 0 Å². The second-order valence-corrected chi connectivity index (χ2v) is 7.23. The third-order valence-electron chi connectivity index (χ3n) is 4.94. The van der Waals surface area contributed by atoms with Crippen molar-refractivity contribution in [1.82, 2.24) is 14.8 Å². The number of carbonyl (C=O) groups is 2. The van der Waals surface area contributed by atoms with Crippen LogP contribution in [0.25, 0.3) is 10.9 Å². The first-order valence-corrected chi connectivity index (χ1v) is 8.94. The van der Waals surface area contributed by atoms with Crippen LogP contribution in [0.5, 0.6) is 0 Å². The number of aromatic nitrogens is 1. The molecular formula is C19H26N4O3. The van der Waals surface area contributed by atoms with Crippen molar-refractivity contribution in [2.24, 2.45) is 5.92 Å². The Balaban J connectivity index is 1.89. The minimum atomic E-state index is -0.840. The Morgan fingerprint density at radius 2 is 1.88 bits per heavy atom. The Bertz CT molecular complexity index is 806.